The van der Waals surface area contributed by atoms with Crippen LogP contribution >= 0.6 is 0 Å². The van der Waals surface area contributed by atoms with Gasteiger partial charge in [-0.15, -0.1) is 0 Å². The van der Waals surface area contributed by atoms with E-state index < -0.39 is 29.3 Å². The zero-order valence-corrected chi connectivity index (χ0v) is 18.8. The molecule has 1 unspecified atom stereocenters. The van der Waals surface area contributed by atoms with Crippen LogP contribution in [0.1, 0.15) is 55.7 Å². The largest absolute Gasteiger partial charge is 0.497 e. The van der Waals surface area contributed by atoms with Crippen molar-refractivity contribution < 1.29 is 23.5 Å². The summed E-state index contributed by atoms with van der Waals surface area (Å²) in [6, 6.07) is 9.66. The summed E-state index contributed by atoms with van der Waals surface area (Å²) in [5.74, 6) is -0.495. The van der Waals surface area contributed by atoms with E-state index in [-0.39, 0.29) is 5.71 Å². The van der Waals surface area contributed by atoms with Crippen LogP contribution in [0.4, 0.5) is 4.39 Å². The molecule has 0 bridgehead atoms. The van der Waals surface area contributed by atoms with Crippen molar-refractivity contribution in [3.05, 3.63) is 59.4 Å². The average molecular weight is 454 g/mol. The molecule has 1 aliphatic carbocycles. The van der Waals surface area contributed by atoms with Crippen LogP contribution in [0.15, 0.2) is 47.5 Å². The monoisotopic (exact) mass is 453 g/mol. The Kier molecular flexibility index (Phi) is 6.35. The maximum Gasteiger partial charge on any atom is 0.275 e. The van der Waals surface area contributed by atoms with E-state index in [1.165, 1.54) is 43.4 Å². The molecule has 1 aliphatic heterocycles. The molecule has 1 spiro atoms. The summed E-state index contributed by atoms with van der Waals surface area (Å²) in [5, 5.41) is 0. The first-order valence-electron chi connectivity index (χ1n) is 11.1. The van der Waals surface area contributed by atoms with E-state index in [0.717, 1.165) is 25.7 Å². The Hall–Kier alpha value is -3.42. The number of benzene rings is 2. The van der Waals surface area contributed by atoms with Gasteiger partial charge in [0.2, 0.25) is 5.91 Å². The minimum Gasteiger partial charge on any atom is -0.497 e. The van der Waals surface area contributed by atoms with Gasteiger partial charge in [0.05, 0.1) is 14.2 Å². The number of nitrogens with zero attached hydrogens (tertiary/aromatic N) is 2. The van der Waals surface area contributed by atoms with Crippen LogP contribution in [-0.4, -0.2) is 42.3 Å². The number of methoxy groups -OCH3 is 2. The maximum atomic E-state index is 13.8. The first-order chi connectivity index (χ1) is 15.9. The summed E-state index contributed by atoms with van der Waals surface area (Å²) in [5.41, 5.74) is 6.24. The predicted molar refractivity (Wildman–Crippen MR) is 122 cm³/mol. The van der Waals surface area contributed by atoms with Crippen LogP contribution in [0, 0.1) is 5.82 Å². The Bertz CT molecular complexity index is 1050. The smallest absolute Gasteiger partial charge is 0.275 e. The maximum absolute atomic E-state index is 13.8. The van der Waals surface area contributed by atoms with Crippen molar-refractivity contribution >= 4 is 17.5 Å². The molecule has 2 amide bonds. The van der Waals surface area contributed by atoms with Crippen LogP contribution < -0.4 is 15.2 Å². The van der Waals surface area contributed by atoms with Crippen molar-refractivity contribution in [3.63, 3.8) is 0 Å². The molecule has 0 saturated heterocycles. The summed E-state index contributed by atoms with van der Waals surface area (Å²) in [6.45, 7) is 0. The van der Waals surface area contributed by atoms with Gasteiger partial charge in [0.15, 0.2) is 0 Å². The van der Waals surface area contributed by atoms with Crippen LogP contribution in [0.25, 0.3) is 0 Å². The second kappa shape index (κ2) is 9.21. The highest BCUT2D eigenvalue weighted by atomic mass is 19.1. The topological polar surface area (TPSA) is 94.2 Å². The highest BCUT2D eigenvalue weighted by Crippen LogP contribution is 2.44. The van der Waals surface area contributed by atoms with E-state index in [1.54, 1.807) is 18.2 Å². The lowest BCUT2D eigenvalue weighted by molar-refractivity contribution is -0.140. The van der Waals surface area contributed by atoms with Gasteiger partial charge < -0.3 is 15.2 Å². The van der Waals surface area contributed by atoms with Crippen LogP contribution in [0.5, 0.6) is 11.5 Å². The van der Waals surface area contributed by atoms with Gasteiger partial charge >= 0.3 is 0 Å². The van der Waals surface area contributed by atoms with E-state index in [2.05, 4.69) is 0 Å². The lowest BCUT2D eigenvalue weighted by atomic mass is 9.94. The molecule has 2 N–H and O–H groups in total. The third kappa shape index (κ3) is 4.29. The van der Waals surface area contributed by atoms with Crippen LogP contribution in [-0.2, 0) is 9.59 Å². The highest BCUT2D eigenvalue weighted by Gasteiger charge is 2.52. The Morgan fingerprint density at radius 2 is 1.61 bits per heavy atom. The number of hydrogen-bond donors (Lipinski definition) is 1. The van der Waals surface area contributed by atoms with E-state index in [0.29, 0.717) is 35.5 Å². The number of nitrogens with two attached hydrogens (primary N) is 1. The van der Waals surface area contributed by atoms with E-state index in [9.17, 15) is 14.0 Å². The van der Waals surface area contributed by atoms with Crippen molar-refractivity contribution in [1.82, 2.24) is 4.90 Å². The number of halogens is 1. The number of ether oxygens (including phenoxy) is 2. The van der Waals surface area contributed by atoms with Crippen molar-refractivity contribution in [2.24, 2.45) is 10.7 Å². The van der Waals surface area contributed by atoms with Crippen molar-refractivity contribution in [3.8, 4) is 11.5 Å². The first kappa shape index (κ1) is 22.8. The van der Waals surface area contributed by atoms with Crippen molar-refractivity contribution in [2.75, 3.05) is 14.2 Å². The lowest BCUT2D eigenvalue weighted by Gasteiger charge is -2.40. The molecule has 33 heavy (non-hydrogen) atoms. The number of carbonyl (C=O) groups is 2. The minimum absolute atomic E-state index is 0.220. The molecule has 1 atom stereocenters. The predicted octanol–water partition coefficient (Wildman–Crippen LogP) is 3.75. The third-order valence-corrected chi connectivity index (χ3v) is 6.43. The zero-order chi connectivity index (χ0) is 23.6. The molecule has 1 saturated carbocycles. The lowest BCUT2D eigenvalue weighted by Crippen LogP contribution is -2.52. The summed E-state index contributed by atoms with van der Waals surface area (Å²) in [6.07, 6.45) is 5.04. The fraction of sp³-hybridized carbons (Fsp3) is 0.400. The zero-order valence-electron chi connectivity index (χ0n) is 18.8. The van der Waals surface area contributed by atoms with Crippen molar-refractivity contribution in [1.29, 1.82) is 0 Å². The molecule has 1 heterocycles. The molecule has 4 rings (SSSR count). The number of carbonyl (C=O) groups excluding carboxylic acids is 2. The van der Waals surface area contributed by atoms with Crippen molar-refractivity contribution in [2.45, 2.75) is 50.2 Å². The molecule has 8 heteroatoms. The van der Waals surface area contributed by atoms with Crippen LogP contribution in [0.2, 0.25) is 0 Å². The van der Waals surface area contributed by atoms with Gasteiger partial charge in [-0.3, -0.25) is 19.5 Å². The molecule has 2 aliphatic rings. The number of aliphatic imine (C=N–C) groups is 1. The van der Waals surface area contributed by atoms with Gasteiger partial charge in [-0.2, -0.15) is 0 Å². The van der Waals surface area contributed by atoms with Gasteiger partial charge in [-0.05, 0) is 67.6 Å². The molecule has 2 aromatic carbocycles. The summed E-state index contributed by atoms with van der Waals surface area (Å²) in [4.78, 5) is 33.2. The molecule has 0 radical (unpaired) electrons. The number of hydrogen-bond acceptors (Lipinski definition) is 5. The molecule has 7 nitrogen and oxygen atoms in total. The van der Waals surface area contributed by atoms with E-state index in [4.69, 9.17) is 20.2 Å². The van der Waals surface area contributed by atoms with Gasteiger partial charge in [0, 0.05) is 11.6 Å². The van der Waals surface area contributed by atoms with Gasteiger partial charge in [-0.25, -0.2) is 4.39 Å². The minimum atomic E-state index is -1.07. The number of primary amides is 1. The summed E-state index contributed by atoms with van der Waals surface area (Å²) >= 11 is 0. The van der Waals surface area contributed by atoms with Crippen LogP contribution in [0.3, 0.4) is 0 Å². The quantitative estimate of drug-likeness (QED) is 0.721. The normalized spacial score (nSPS) is 18.6. The molecule has 174 valence electrons. The van der Waals surface area contributed by atoms with Gasteiger partial charge in [0.1, 0.15) is 34.7 Å². The Labute approximate surface area is 192 Å². The summed E-state index contributed by atoms with van der Waals surface area (Å²) < 4.78 is 24.3. The second-order valence-electron chi connectivity index (χ2n) is 8.49. The molecular weight excluding hydrogens is 425 g/mol. The van der Waals surface area contributed by atoms with E-state index in [1.807, 2.05) is 0 Å². The number of rotatable bonds is 6. The first-order valence-corrected chi connectivity index (χ1v) is 11.1. The van der Waals surface area contributed by atoms with Gasteiger partial charge in [-0.1, -0.05) is 12.8 Å². The average Bonchev–Trinajstić information content (AvgIpc) is 2.95. The molecule has 2 aromatic rings. The fourth-order valence-corrected chi connectivity index (χ4v) is 4.84. The number of amides is 2. The third-order valence-electron chi connectivity index (χ3n) is 6.43. The Balaban J connectivity index is 1.86. The fourth-order valence-electron chi connectivity index (χ4n) is 4.84. The Morgan fingerprint density at radius 3 is 2.12 bits per heavy atom. The Morgan fingerprint density at radius 1 is 1.03 bits per heavy atom. The summed E-state index contributed by atoms with van der Waals surface area (Å²) in [7, 11) is 3.03. The van der Waals surface area contributed by atoms with Gasteiger partial charge in [0.25, 0.3) is 5.91 Å². The second-order valence-corrected chi connectivity index (χ2v) is 8.49. The molecular formula is C25H28FN3O4. The molecule has 0 aromatic heterocycles. The van der Waals surface area contributed by atoms with E-state index >= 15 is 0 Å². The molecule has 1 fully saturated rings. The standard InChI is InChI=1S/C25H28FN3O4/c1-32-19-13-17(14-20(15-19)33-2)22(23(27)30)29-24(31)21(16-7-9-18(26)10-8-16)28-25(29)11-5-3-4-6-12-25/h7-10,13-15,22H,3-6,11-12H2,1-2H3,(H2,27,30). The highest BCUT2D eigenvalue weighted by molar-refractivity contribution is 6.47. The SMILES string of the molecule is COc1cc(OC)cc(C(C(N)=O)N2C(=O)C(c3ccc(F)cc3)=NC23CCCCCC3)c1.